The van der Waals surface area contributed by atoms with Crippen molar-refractivity contribution in [2.24, 2.45) is 17.8 Å². The van der Waals surface area contributed by atoms with Gasteiger partial charge >= 0.3 is 0 Å². The molecule has 2 aromatic carbocycles. The third kappa shape index (κ3) is 4.95. The van der Waals surface area contributed by atoms with Crippen molar-refractivity contribution in [2.45, 2.75) is 58.5 Å². The highest BCUT2D eigenvalue weighted by molar-refractivity contribution is 5.83. The molecule has 3 heteroatoms. The molecule has 1 aliphatic heterocycles. The summed E-state index contributed by atoms with van der Waals surface area (Å²) < 4.78 is 0. The first-order valence-corrected chi connectivity index (χ1v) is 11.6. The third-order valence-corrected chi connectivity index (χ3v) is 7.03. The van der Waals surface area contributed by atoms with E-state index < -0.39 is 0 Å². The molecule has 1 saturated heterocycles. The van der Waals surface area contributed by atoms with Gasteiger partial charge in [0.15, 0.2) is 0 Å². The number of hydrogen-bond donors (Lipinski definition) is 1. The standard InChI is InChI=1S/C27H36N2O/c1-19(2)15-21-9-11-23(12-10-21)20(3)27(30)28-26-14-13-24-17-29(18-25(24)26)16-22-7-5-4-6-8-22/h4-12,19-20,24-26H,13-18H2,1-3H3,(H,28,30)/t20-,24-,25+,26+/m0/s1. The zero-order valence-electron chi connectivity index (χ0n) is 18.7. The van der Waals surface area contributed by atoms with Gasteiger partial charge in [0.25, 0.3) is 0 Å². The van der Waals surface area contributed by atoms with E-state index in [2.05, 4.69) is 78.7 Å². The molecule has 0 radical (unpaired) electrons. The Balaban J connectivity index is 1.32. The Morgan fingerprint density at radius 3 is 2.40 bits per heavy atom. The molecule has 0 bridgehead atoms. The van der Waals surface area contributed by atoms with Crippen molar-refractivity contribution in [1.29, 1.82) is 0 Å². The van der Waals surface area contributed by atoms with Gasteiger partial charge in [-0.15, -0.1) is 0 Å². The first-order valence-electron chi connectivity index (χ1n) is 11.6. The molecule has 3 nitrogen and oxygen atoms in total. The van der Waals surface area contributed by atoms with Crippen LogP contribution in [0.15, 0.2) is 54.6 Å². The van der Waals surface area contributed by atoms with E-state index in [1.54, 1.807) is 0 Å². The number of nitrogens with one attached hydrogen (secondary N) is 1. The Morgan fingerprint density at radius 1 is 0.967 bits per heavy atom. The average Bonchev–Trinajstić information content (AvgIpc) is 3.29. The van der Waals surface area contributed by atoms with Gasteiger partial charge in [-0.3, -0.25) is 9.69 Å². The van der Waals surface area contributed by atoms with Crippen LogP contribution in [0.1, 0.15) is 56.2 Å². The van der Waals surface area contributed by atoms with Gasteiger partial charge in [-0.25, -0.2) is 0 Å². The monoisotopic (exact) mass is 404 g/mol. The average molecular weight is 405 g/mol. The molecular formula is C27H36N2O. The molecule has 2 aliphatic rings. The van der Waals surface area contributed by atoms with Crippen LogP contribution in [0.5, 0.6) is 0 Å². The molecule has 0 spiro atoms. The van der Waals surface area contributed by atoms with Gasteiger partial charge in [0.05, 0.1) is 5.92 Å². The van der Waals surface area contributed by atoms with Crippen LogP contribution in [0.2, 0.25) is 0 Å². The van der Waals surface area contributed by atoms with Gasteiger partial charge < -0.3 is 5.32 Å². The number of carbonyl (C=O) groups is 1. The van der Waals surface area contributed by atoms with Crippen molar-refractivity contribution >= 4 is 5.91 Å². The summed E-state index contributed by atoms with van der Waals surface area (Å²) in [5, 5.41) is 3.41. The van der Waals surface area contributed by atoms with Crippen molar-refractivity contribution in [2.75, 3.05) is 13.1 Å². The number of rotatable bonds is 7. The topological polar surface area (TPSA) is 32.3 Å². The van der Waals surface area contributed by atoms with E-state index in [1.807, 2.05) is 6.92 Å². The minimum absolute atomic E-state index is 0.0982. The number of likely N-dealkylation sites (tertiary alicyclic amines) is 1. The highest BCUT2D eigenvalue weighted by atomic mass is 16.1. The lowest BCUT2D eigenvalue weighted by molar-refractivity contribution is -0.123. The second kappa shape index (κ2) is 9.34. The van der Waals surface area contributed by atoms with Crippen LogP contribution < -0.4 is 5.32 Å². The molecule has 0 unspecified atom stereocenters. The highest BCUT2D eigenvalue weighted by Crippen LogP contribution is 2.39. The van der Waals surface area contributed by atoms with Gasteiger partial charge in [0.2, 0.25) is 5.91 Å². The maximum atomic E-state index is 13.0. The predicted octanol–water partition coefficient (Wildman–Crippen LogP) is 5.02. The number of carbonyl (C=O) groups excluding carboxylic acids is 1. The summed E-state index contributed by atoms with van der Waals surface area (Å²) in [6, 6.07) is 19.7. The smallest absolute Gasteiger partial charge is 0.227 e. The molecule has 1 amide bonds. The fourth-order valence-electron chi connectivity index (χ4n) is 5.38. The molecule has 1 saturated carbocycles. The lowest BCUT2D eigenvalue weighted by Gasteiger charge is -2.23. The molecule has 4 atom stereocenters. The fourth-order valence-corrected chi connectivity index (χ4v) is 5.38. The van der Waals surface area contributed by atoms with E-state index in [-0.39, 0.29) is 11.8 Å². The quantitative estimate of drug-likeness (QED) is 0.703. The number of fused-ring (bicyclic) bond motifs is 1. The predicted molar refractivity (Wildman–Crippen MR) is 123 cm³/mol. The van der Waals surface area contributed by atoms with Gasteiger partial charge in [0, 0.05) is 25.7 Å². The Kier molecular flexibility index (Phi) is 6.58. The Morgan fingerprint density at radius 2 is 1.70 bits per heavy atom. The molecule has 1 heterocycles. The zero-order chi connectivity index (χ0) is 21.1. The number of hydrogen-bond acceptors (Lipinski definition) is 2. The Hall–Kier alpha value is -2.13. The second-order valence-corrected chi connectivity index (χ2v) is 9.86. The molecule has 4 rings (SSSR count). The van der Waals surface area contributed by atoms with Crippen molar-refractivity contribution in [1.82, 2.24) is 10.2 Å². The van der Waals surface area contributed by atoms with Crippen molar-refractivity contribution in [3.8, 4) is 0 Å². The minimum atomic E-state index is -0.0982. The minimum Gasteiger partial charge on any atom is -0.353 e. The van der Waals surface area contributed by atoms with E-state index in [9.17, 15) is 4.79 Å². The lowest BCUT2D eigenvalue weighted by atomic mass is 9.94. The van der Waals surface area contributed by atoms with Crippen molar-refractivity contribution in [3.05, 3.63) is 71.3 Å². The van der Waals surface area contributed by atoms with E-state index >= 15 is 0 Å². The summed E-state index contributed by atoms with van der Waals surface area (Å²) in [5.41, 5.74) is 3.85. The molecule has 0 aromatic heterocycles. The summed E-state index contributed by atoms with van der Waals surface area (Å²) in [7, 11) is 0. The normalized spacial score (nSPS) is 24.7. The van der Waals surface area contributed by atoms with E-state index in [1.165, 1.54) is 24.1 Å². The first kappa shape index (κ1) is 21.1. The molecule has 160 valence electrons. The summed E-state index contributed by atoms with van der Waals surface area (Å²) in [4.78, 5) is 15.6. The van der Waals surface area contributed by atoms with Gasteiger partial charge in [0.1, 0.15) is 0 Å². The van der Waals surface area contributed by atoms with Crippen LogP contribution in [-0.2, 0) is 17.8 Å². The summed E-state index contributed by atoms with van der Waals surface area (Å²) in [6.07, 6.45) is 3.45. The van der Waals surface area contributed by atoms with Crippen LogP contribution in [-0.4, -0.2) is 29.9 Å². The first-order chi connectivity index (χ1) is 14.5. The summed E-state index contributed by atoms with van der Waals surface area (Å²) in [5.74, 6) is 2.06. The van der Waals surface area contributed by atoms with Crippen LogP contribution in [0.25, 0.3) is 0 Å². The van der Waals surface area contributed by atoms with Crippen LogP contribution in [0.4, 0.5) is 0 Å². The van der Waals surface area contributed by atoms with Gasteiger partial charge in [-0.2, -0.15) is 0 Å². The van der Waals surface area contributed by atoms with Crippen LogP contribution >= 0.6 is 0 Å². The molecular weight excluding hydrogens is 368 g/mol. The van der Waals surface area contributed by atoms with Crippen LogP contribution in [0.3, 0.4) is 0 Å². The van der Waals surface area contributed by atoms with Crippen LogP contribution in [0, 0.1) is 17.8 Å². The van der Waals surface area contributed by atoms with E-state index in [4.69, 9.17) is 0 Å². The highest BCUT2D eigenvalue weighted by Gasteiger charge is 2.43. The summed E-state index contributed by atoms with van der Waals surface area (Å²) >= 11 is 0. The molecule has 2 fully saturated rings. The van der Waals surface area contributed by atoms with Crippen molar-refractivity contribution in [3.63, 3.8) is 0 Å². The number of benzene rings is 2. The number of amides is 1. The number of nitrogens with zero attached hydrogens (tertiary/aromatic N) is 1. The molecule has 30 heavy (non-hydrogen) atoms. The Labute approximate surface area is 181 Å². The maximum Gasteiger partial charge on any atom is 0.227 e. The van der Waals surface area contributed by atoms with E-state index in [0.29, 0.717) is 17.9 Å². The van der Waals surface area contributed by atoms with Gasteiger partial charge in [-0.1, -0.05) is 68.4 Å². The maximum absolute atomic E-state index is 13.0. The fraction of sp³-hybridized carbons (Fsp3) is 0.519. The van der Waals surface area contributed by atoms with Gasteiger partial charge in [-0.05, 0) is 60.6 Å². The molecule has 1 aliphatic carbocycles. The molecule has 2 aromatic rings. The SMILES string of the molecule is CC(C)Cc1ccc([C@H](C)C(=O)N[C@@H]2CC[C@H]3CN(Cc4ccccc4)C[C@H]32)cc1. The summed E-state index contributed by atoms with van der Waals surface area (Å²) in [6.45, 7) is 9.80. The third-order valence-electron chi connectivity index (χ3n) is 7.03. The van der Waals surface area contributed by atoms with Crippen molar-refractivity contribution < 1.29 is 4.79 Å². The zero-order valence-corrected chi connectivity index (χ0v) is 18.7. The van der Waals surface area contributed by atoms with E-state index in [0.717, 1.165) is 37.4 Å². The Bertz CT molecular complexity index is 830. The second-order valence-electron chi connectivity index (χ2n) is 9.86. The largest absolute Gasteiger partial charge is 0.353 e. The molecule has 1 N–H and O–H groups in total. The lowest BCUT2D eigenvalue weighted by Crippen LogP contribution is -2.41.